The van der Waals surface area contributed by atoms with E-state index in [4.69, 9.17) is 5.73 Å². The quantitative estimate of drug-likeness (QED) is 0.745. The Hall–Kier alpha value is -1.48. The summed E-state index contributed by atoms with van der Waals surface area (Å²) in [6.45, 7) is 0. The molecule has 1 N–H and O–H groups in total. The van der Waals surface area contributed by atoms with Crippen molar-refractivity contribution in [2.24, 2.45) is 5.92 Å². The van der Waals surface area contributed by atoms with E-state index in [9.17, 15) is 9.59 Å². The van der Waals surface area contributed by atoms with Crippen LogP contribution in [-0.2, 0) is 16.0 Å². The smallest absolute Gasteiger partial charge is 0.217 e. The van der Waals surface area contributed by atoms with E-state index in [1.165, 1.54) is 0 Å². The molecule has 0 amide bonds. The summed E-state index contributed by atoms with van der Waals surface area (Å²) in [4.78, 5) is 23.8. The highest BCUT2D eigenvalue weighted by Gasteiger charge is 2.31. The largest absolute Gasteiger partial charge is 0.291 e. The first-order valence-corrected chi connectivity index (χ1v) is 6.51. The highest BCUT2D eigenvalue weighted by atomic mass is 16.2. The normalized spacial score (nSPS) is 17.6. The molecule has 0 spiro atoms. The van der Waals surface area contributed by atoms with Gasteiger partial charge >= 0.3 is 0 Å². The average molecular weight is 244 g/mol. The van der Waals surface area contributed by atoms with E-state index >= 15 is 0 Å². The third-order valence-electron chi connectivity index (χ3n) is 3.57. The Labute approximate surface area is 107 Å². The van der Waals surface area contributed by atoms with Gasteiger partial charge in [-0.05, 0) is 24.8 Å². The first kappa shape index (κ1) is 13.0. The lowest BCUT2D eigenvalue weighted by atomic mass is 9.93. The Bertz CT molecular complexity index is 421. The summed E-state index contributed by atoms with van der Waals surface area (Å²) in [5.41, 5.74) is 8.77. The van der Waals surface area contributed by atoms with Gasteiger partial charge in [0.2, 0.25) is 11.6 Å². The van der Waals surface area contributed by atoms with Crippen molar-refractivity contribution in [3.8, 4) is 0 Å². The maximum Gasteiger partial charge on any atom is 0.217 e. The van der Waals surface area contributed by atoms with E-state index < -0.39 is 11.8 Å². The Morgan fingerprint density at radius 2 is 1.78 bits per heavy atom. The highest BCUT2D eigenvalue weighted by molar-refractivity contribution is 6.39. The lowest BCUT2D eigenvalue weighted by Gasteiger charge is -2.12. The molecule has 1 aliphatic rings. The van der Waals surface area contributed by atoms with Gasteiger partial charge in [0.15, 0.2) is 0 Å². The third-order valence-corrected chi connectivity index (χ3v) is 3.57. The van der Waals surface area contributed by atoms with E-state index in [0.29, 0.717) is 6.42 Å². The van der Waals surface area contributed by atoms with Crippen LogP contribution in [0.25, 0.3) is 0 Å². The molecule has 0 unspecified atom stereocenters. The van der Waals surface area contributed by atoms with E-state index in [0.717, 1.165) is 31.2 Å². The highest BCUT2D eigenvalue weighted by Crippen LogP contribution is 2.26. The number of carbonyl (C=O) groups is 2. The van der Waals surface area contributed by atoms with Gasteiger partial charge in [-0.1, -0.05) is 43.2 Å². The predicted molar refractivity (Wildman–Crippen MR) is 69.0 cm³/mol. The molecule has 0 heterocycles. The predicted octanol–water partition coefficient (Wildman–Crippen LogP) is 2.21. The number of benzene rings is 1. The van der Waals surface area contributed by atoms with Gasteiger partial charge in [0.1, 0.15) is 0 Å². The molecule has 0 saturated heterocycles. The summed E-state index contributed by atoms with van der Waals surface area (Å²) in [7, 11) is 0. The van der Waals surface area contributed by atoms with Gasteiger partial charge in [0.25, 0.3) is 0 Å². The lowest BCUT2D eigenvalue weighted by Crippen LogP contribution is -2.34. The second-order valence-electron chi connectivity index (χ2n) is 4.95. The summed E-state index contributed by atoms with van der Waals surface area (Å²) in [6, 6.07) is 8.48. The first-order chi connectivity index (χ1) is 8.68. The van der Waals surface area contributed by atoms with Gasteiger partial charge in [0, 0.05) is 5.92 Å². The van der Waals surface area contributed by atoms with E-state index in [1.807, 2.05) is 30.3 Å². The maximum atomic E-state index is 11.9. The minimum Gasteiger partial charge on any atom is -0.291 e. The molecule has 0 aliphatic heterocycles. The number of hydrogen-bond acceptors (Lipinski definition) is 2. The molecule has 0 bridgehead atoms. The molecule has 3 heteroatoms. The van der Waals surface area contributed by atoms with E-state index in [2.05, 4.69) is 0 Å². The van der Waals surface area contributed by atoms with Crippen LogP contribution in [0.15, 0.2) is 30.3 Å². The van der Waals surface area contributed by atoms with Crippen LogP contribution in [0.3, 0.4) is 0 Å². The van der Waals surface area contributed by atoms with Gasteiger partial charge in [0.05, 0.1) is 6.04 Å². The van der Waals surface area contributed by atoms with Crippen molar-refractivity contribution in [2.75, 3.05) is 0 Å². The fourth-order valence-corrected chi connectivity index (χ4v) is 2.50. The van der Waals surface area contributed by atoms with Crippen LogP contribution >= 0.6 is 0 Å². The van der Waals surface area contributed by atoms with Crippen molar-refractivity contribution < 1.29 is 9.59 Å². The summed E-state index contributed by atoms with van der Waals surface area (Å²) in [6.07, 6.45) is 4.04. The lowest BCUT2D eigenvalue weighted by molar-refractivity contribution is -0.139. The molecular weight excluding hydrogens is 226 g/mol. The molecule has 1 radical (unpaired) electrons. The number of nitrogens with one attached hydrogen (secondary N) is 1. The molecule has 18 heavy (non-hydrogen) atoms. The molecule has 2 rings (SSSR count). The molecule has 1 aromatic rings. The molecule has 1 aliphatic carbocycles. The minimum atomic E-state index is -0.944. The van der Waals surface area contributed by atoms with Crippen LogP contribution in [0, 0.1) is 5.92 Å². The van der Waals surface area contributed by atoms with Gasteiger partial charge in [-0.3, -0.25) is 9.59 Å². The Balaban J connectivity index is 1.94. The molecular formula is C15H18NO2. The number of rotatable bonds is 5. The summed E-state index contributed by atoms with van der Waals surface area (Å²) >= 11 is 0. The fraction of sp³-hybridized carbons (Fsp3) is 0.467. The van der Waals surface area contributed by atoms with Gasteiger partial charge < -0.3 is 0 Å². The van der Waals surface area contributed by atoms with Crippen molar-refractivity contribution in [1.82, 2.24) is 5.73 Å². The minimum absolute atomic E-state index is 0.110. The zero-order chi connectivity index (χ0) is 13.0. The number of carbonyl (C=O) groups excluding carboxylic acids is 2. The van der Waals surface area contributed by atoms with Crippen LogP contribution in [0.4, 0.5) is 0 Å². The van der Waals surface area contributed by atoms with Crippen molar-refractivity contribution in [3.05, 3.63) is 35.9 Å². The topological polar surface area (TPSA) is 57.9 Å². The zero-order valence-electron chi connectivity index (χ0n) is 10.4. The van der Waals surface area contributed by atoms with E-state index in [1.54, 1.807) is 0 Å². The molecule has 1 saturated carbocycles. The van der Waals surface area contributed by atoms with Gasteiger partial charge in [-0.25, -0.2) is 5.73 Å². The number of ketones is 2. The number of Topliss-reactive ketones (excluding diaryl/α,β-unsaturated/α-hetero) is 2. The maximum absolute atomic E-state index is 11.9. The van der Waals surface area contributed by atoms with Crippen LogP contribution < -0.4 is 5.73 Å². The Morgan fingerprint density at radius 3 is 2.39 bits per heavy atom. The van der Waals surface area contributed by atoms with Crippen LogP contribution in [0.5, 0.6) is 0 Å². The van der Waals surface area contributed by atoms with Gasteiger partial charge in [-0.15, -0.1) is 0 Å². The Morgan fingerprint density at radius 1 is 1.17 bits per heavy atom. The molecule has 1 fully saturated rings. The standard InChI is InChI=1S/C15H18NO2/c16-13(10-11-6-2-1-3-7-11)15(18)14(17)12-8-4-5-9-12/h1-3,6-7,12-13,16H,4-5,8-10H2/t13-/m0/s1. The summed E-state index contributed by atoms with van der Waals surface area (Å²) in [5.74, 6) is -0.935. The second kappa shape index (κ2) is 5.91. The molecule has 3 nitrogen and oxygen atoms in total. The molecule has 1 atom stereocenters. The molecule has 0 aromatic heterocycles. The first-order valence-electron chi connectivity index (χ1n) is 6.51. The van der Waals surface area contributed by atoms with Crippen LogP contribution in [0.2, 0.25) is 0 Å². The summed E-state index contributed by atoms with van der Waals surface area (Å²) in [5, 5.41) is 0. The zero-order valence-corrected chi connectivity index (χ0v) is 10.4. The Kier molecular flexibility index (Phi) is 4.26. The van der Waals surface area contributed by atoms with Gasteiger partial charge in [-0.2, -0.15) is 0 Å². The second-order valence-corrected chi connectivity index (χ2v) is 4.95. The summed E-state index contributed by atoms with van der Waals surface area (Å²) < 4.78 is 0. The average Bonchev–Trinajstić information content (AvgIpc) is 2.92. The van der Waals surface area contributed by atoms with Crippen LogP contribution in [-0.4, -0.2) is 17.6 Å². The molecule has 1 aromatic carbocycles. The van der Waals surface area contributed by atoms with Crippen molar-refractivity contribution in [1.29, 1.82) is 0 Å². The van der Waals surface area contributed by atoms with Crippen molar-refractivity contribution in [2.45, 2.75) is 38.1 Å². The molecule has 95 valence electrons. The SMILES string of the molecule is [NH][C@@H](Cc1ccccc1)C(=O)C(=O)C1CCCC1. The van der Waals surface area contributed by atoms with Crippen LogP contribution in [0.1, 0.15) is 31.2 Å². The van der Waals surface area contributed by atoms with E-state index in [-0.39, 0.29) is 11.7 Å². The fourth-order valence-electron chi connectivity index (χ4n) is 2.50. The van der Waals surface area contributed by atoms with Crippen molar-refractivity contribution >= 4 is 11.6 Å². The van der Waals surface area contributed by atoms with Crippen molar-refractivity contribution in [3.63, 3.8) is 0 Å². The number of hydrogen-bond donors (Lipinski definition) is 0. The third kappa shape index (κ3) is 3.05. The monoisotopic (exact) mass is 244 g/mol.